The Balaban J connectivity index is 1.79. The molecule has 1 aromatic heterocycles. The Kier molecular flexibility index (Phi) is 6.90. The summed E-state index contributed by atoms with van der Waals surface area (Å²) in [6, 6.07) is 9.79. The smallest absolute Gasteiger partial charge is 0.417 e. The number of nitrogens with zero attached hydrogens (tertiary/aromatic N) is 1. The van der Waals surface area contributed by atoms with Gasteiger partial charge in [-0.25, -0.2) is 4.98 Å². The Bertz CT molecular complexity index is 719. The van der Waals surface area contributed by atoms with Crippen LogP contribution in [0.5, 0.6) is 5.75 Å². The molecule has 1 amide bonds. The van der Waals surface area contributed by atoms with Gasteiger partial charge in [0.2, 0.25) is 5.91 Å². The summed E-state index contributed by atoms with van der Waals surface area (Å²) < 4.78 is 42.6. The van der Waals surface area contributed by atoms with Crippen LogP contribution in [-0.4, -0.2) is 29.8 Å². The molecule has 0 spiro atoms. The van der Waals surface area contributed by atoms with Crippen molar-refractivity contribution in [3.63, 3.8) is 0 Å². The number of carbonyl (C=O) groups is 1. The second kappa shape index (κ2) is 8.93. The molecule has 1 atom stereocenters. The topological polar surface area (TPSA) is 51.2 Å². The average Bonchev–Trinajstić information content (AvgIpc) is 2.62. The number of nitrogens with one attached hydrogen (secondary N) is 1. The molecule has 8 heteroatoms. The van der Waals surface area contributed by atoms with Gasteiger partial charge in [0.05, 0.1) is 22.9 Å². The number of alkyl halides is 3. The minimum absolute atomic E-state index is 0.190. The first-order valence-corrected chi connectivity index (χ1v) is 8.78. The highest BCUT2D eigenvalue weighted by atomic mass is 32.2. The molecule has 0 aliphatic rings. The number of ether oxygens (including phenoxy) is 1. The van der Waals surface area contributed by atoms with Crippen molar-refractivity contribution in [2.45, 2.75) is 29.8 Å². The van der Waals surface area contributed by atoms with E-state index in [0.717, 1.165) is 35.3 Å². The van der Waals surface area contributed by atoms with Gasteiger partial charge in [-0.2, -0.15) is 13.2 Å². The summed E-state index contributed by atoms with van der Waals surface area (Å²) in [6.07, 6.45) is -2.97. The van der Waals surface area contributed by atoms with Gasteiger partial charge in [0.15, 0.2) is 0 Å². The summed E-state index contributed by atoms with van der Waals surface area (Å²) in [7, 11) is 1.60. The Hall–Kier alpha value is -2.22. The van der Waals surface area contributed by atoms with Crippen LogP contribution in [0.25, 0.3) is 0 Å². The lowest BCUT2D eigenvalue weighted by Crippen LogP contribution is -2.32. The number of carbonyl (C=O) groups excluding carboxylic acids is 1. The van der Waals surface area contributed by atoms with E-state index in [4.69, 9.17) is 4.74 Å². The van der Waals surface area contributed by atoms with Crippen molar-refractivity contribution >= 4 is 17.7 Å². The molecular formula is C18H19F3N2O2S. The molecule has 4 nitrogen and oxygen atoms in total. The number of hydrogen-bond donors (Lipinski definition) is 1. The summed E-state index contributed by atoms with van der Waals surface area (Å²) in [5.74, 6) is 0.581. The quantitative estimate of drug-likeness (QED) is 0.735. The molecule has 2 aromatic rings. The van der Waals surface area contributed by atoms with E-state index in [1.165, 1.54) is 6.07 Å². The zero-order valence-electron chi connectivity index (χ0n) is 14.3. The lowest BCUT2D eigenvalue weighted by atomic mass is 10.1. The molecule has 0 aliphatic carbocycles. The first-order chi connectivity index (χ1) is 12.3. The molecular weight excluding hydrogens is 365 g/mol. The summed E-state index contributed by atoms with van der Waals surface area (Å²) in [4.78, 5) is 15.9. The standard InChI is InChI=1S/C18H19F3N2O2S/c1-12(26-16-8-5-14(11-23-16)18(19,20)21)17(24)22-10-9-13-3-6-15(25-2)7-4-13/h3-8,11-12H,9-10H2,1-2H3,(H,22,24). The molecule has 140 valence electrons. The van der Waals surface area contributed by atoms with Crippen LogP contribution in [0.15, 0.2) is 47.6 Å². The maximum Gasteiger partial charge on any atom is 0.417 e. The first-order valence-electron chi connectivity index (χ1n) is 7.90. The van der Waals surface area contributed by atoms with Crippen LogP contribution in [0.1, 0.15) is 18.1 Å². The monoisotopic (exact) mass is 384 g/mol. The highest BCUT2D eigenvalue weighted by molar-refractivity contribution is 8.00. The maximum absolute atomic E-state index is 12.5. The minimum atomic E-state index is -4.42. The fraction of sp³-hybridized carbons (Fsp3) is 0.333. The molecule has 0 saturated carbocycles. The summed E-state index contributed by atoms with van der Waals surface area (Å²) in [5, 5.41) is 2.72. The number of halogens is 3. The molecule has 0 radical (unpaired) electrons. The van der Waals surface area contributed by atoms with Crippen molar-refractivity contribution in [2.24, 2.45) is 0 Å². The Morgan fingerprint density at radius 2 is 1.92 bits per heavy atom. The fourth-order valence-corrected chi connectivity index (χ4v) is 2.93. The third-order valence-electron chi connectivity index (χ3n) is 3.60. The Morgan fingerprint density at radius 3 is 2.46 bits per heavy atom. The van der Waals surface area contributed by atoms with Crippen LogP contribution >= 0.6 is 11.8 Å². The number of rotatable bonds is 7. The van der Waals surface area contributed by atoms with E-state index in [2.05, 4.69) is 10.3 Å². The third kappa shape index (κ3) is 5.94. The predicted octanol–water partition coefficient (Wildman–Crippen LogP) is 3.95. The Morgan fingerprint density at radius 1 is 1.23 bits per heavy atom. The highest BCUT2D eigenvalue weighted by Gasteiger charge is 2.30. The van der Waals surface area contributed by atoms with E-state index in [1.807, 2.05) is 24.3 Å². The number of pyridine rings is 1. The molecule has 0 fully saturated rings. The molecule has 1 N–H and O–H groups in total. The molecule has 0 aliphatic heterocycles. The molecule has 2 rings (SSSR count). The van der Waals surface area contributed by atoms with Crippen molar-refractivity contribution in [2.75, 3.05) is 13.7 Å². The third-order valence-corrected chi connectivity index (χ3v) is 4.65. The number of benzene rings is 1. The van der Waals surface area contributed by atoms with Gasteiger partial charge in [-0.05, 0) is 43.2 Å². The second-order valence-corrected chi connectivity index (χ2v) is 6.89. The number of amides is 1. The number of methoxy groups -OCH3 is 1. The van der Waals surface area contributed by atoms with Crippen molar-refractivity contribution in [1.29, 1.82) is 0 Å². The van der Waals surface area contributed by atoms with Gasteiger partial charge < -0.3 is 10.1 Å². The number of thioether (sulfide) groups is 1. The zero-order valence-corrected chi connectivity index (χ0v) is 15.2. The van der Waals surface area contributed by atoms with Gasteiger partial charge >= 0.3 is 6.18 Å². The lowest BCUT2D eigenvalue weighted by Gasteiger charge is -2.12. The van der Waals surface area contributed by atoms with Crippen molar-refractivity contribution in [3.8, 4) is 5.75 Å². The van der Waals surface area contributed by atoms with Crippen LogP contribution in [0, 0.1) is 0 Å². The van der Waals surface area contributed by atoms with E-state index in [-0.39, 0.29) is 5.91 Å². The van der Waals surface area contributed by atoms with Crippen LogP contribution in [0.2, 0.25) is 0 Å². The molecule has 1 heterocycles. The van der Waals surface area contributed by atoms with Crippen molar-refractivity contribution < 1.29 is 22.7 Å². The van der Waals surface area contributed by atoms with Gasteiger partial charge in [-0.15, -0.1) is 0 Å². The minimum Gasteiger partial charge on any atom is -0.497 e. The second-order valence-electron chi connectivity index (χ2n) is 5.53. The van der Waals surface area contributed by atoms with Gasteiger partial charge in [0.25, 0.3) is 0 Å². The van der Waals surface area contributed by atoms with Gasteiger partial charge in [-0.1, -0.05) is 23.9 Å². The average molecular weight is 384 g/mol. The van der Waals surface area contributed by atoms with E-state index in [1.54, 1.807) is 14.0 Å². The normalized spacial score (nSPS) is 12.5. The van der Waals surface area contributed by atoms with E-state index >= 15 is 0 Å². The largest absolute Gasteiger partial charge is 0.497 e. The summed E-state index contributed by atoms with van der Waals surface area (Å²) in [6.45, 7) is 2.16. The van der Waals surface area contributed by atoms with E-state index in [0.29, 0.717) is 18.0 Å². The predicted molar refractivity (Wildman–Crippen MR) is 94.3 cm³/mol. The zero-order chi connectivity index (χ0) is 19.2. The van der Waals surface area contributed by atoms with Crippen molar-refractivity contribution in [3.05, 3.63) is 53.7 Å². The fourth-order valence-electron chi connectivity index (χ4n) is 2.12. The van der Waals surface area contributed by atoms with Gasteiger partial charge in [0.1, 0.15) is 5.75 Å². The van der Waals surface area contributed by atoms with E-state index < -0.39 is 17.0 Å². The molecule has 0 bridgehead atoms. The number of hydrogen-bond acceptors (Lipinski definition) is 4. The summed E-state index contributed by atoms with van der Waals surface area (Å²) >= 11 is 1.12. The van der Waals surface area contributed by atoms with Crippen LogP contribution in [0.4, 0.5) is 13.2 Å². The first kappa shape index (κ1) is 20.1. The summed E-state index contributed by atoms with van der Waals surface area (Å²) in [5.41, 5.74) is 0.259. The maximum atomic E-state index is 12.5. The number of aromatic nitrogens is 1. The lowest BCUT2D eigenvalue weighted by molar-refractivity contribution is -0.137. The molecule has 1 unspecified atom stereocenters. The van der Waals surface area contributed by atoms with Crippen LogP contribution in [-0.2, 0) is 17.4 Å². The van der Waals surface area contributed by atoms with Crippen LogP contribution in [0.3, 0.4) is 0 Å². The molecule has 26 heavy (non-hydrogen) atoms. The van der Waals surface area contributed by atoms with Gasteiger partial charge in [-0.3, -0.25) is 4.79 Å². The SMILES string of the molecule is COc1ccc(CCNC(=O)C(C)Sc2ccc(C(F)(F)F)cn2)cc1. The van der Waals surface area contributed by atoms with Crippen molar-refractivity contribution in [1.82, 2.24) is 10.3 Å². The van der Waals surface area contributed by atoms with Gasteiger partial charge in [0, 0.05) is 12.7 Å². The van der Waals surface area contributed by atoms with Crippen LogP contribution < -0.4 is 10.1 Å². The molecule has 0 saturated heterocycles. The Labute approximate surface area is 154 Å². The highest BCUT2D eigenvalue weighted by Crippen LogP contribution is 2.30. The molecule has 1 aromatic carbocycles. The van der Waals surface area contributed by atoms with E-state index in [9.17, 15) is 18.0 Å².